The van der Waals surface area contributed by atoms with Gasteiger partial charge in [0, 0.05) is 29.7 Å². The van der Waals surface area contributed by atoms with Gasteiger partial charge in [-0.15, -0.1) is 11.3 Å². The van der Waals surface area contributed by atoms with Crippen LogP contribution >= 0.6 is 23.1 Å². The maximum absolute atomic E-state index is 12.8. The Bertz CT molecular complexity index is 1480. The van der Waals surface area contributed by atoms with Gasteiger partial charge in [0.1, 0.15) is 16.2 Å². The number of ether oxygens (including phenoxy) is 1. The number of anilines is 1. The summed E-state index contributed by atoms with van der Waals surface area (Å²) in [5, 5.41) is 6.60. The summed E-state index contributed by atoms with van der Waals surface area (Å²) in [6.45, 7) is 3.51. The molecule has 2 aromatic heterocycles. The Balaban J connectivity index is 1.26. The number of amides is 1. The number of morpholine rings is 1. The molecule has 0 atom stereocenters. The highest BCUT2D eigenvalue weighted by molar-refractivity contribution is 8.00. The van der Waals surface area contributed by atoms with Gasteiger partial charge in [0.25, 0.3) is 0 Å². The van der Waals surface area contributed by atoms with Gasteiger partial charge in [-0.1, -0.05) is 41.6 Å². The number of aromatic nitrogens is 2. The third kappa shape index (κ3) is 5.30. The van der Waals surface area contributed by atoms with E-state index in [2.05, 4.69) is 51.9 Å². The van der Waals surface area contributed by atoms with Crippen molar-refractivity contribution in [3.05, 3.63) is 65.8 Å². The van der Waals surface area contributed by atoms with Crippen molar-refractivity contribution < 1.29 is 17.9 Å². The van der Waals surface area contributed by atoms with Crippen LogP contribution in [0.3, 0.4) is 0 Å². The normalized spacial score (nSPS) is 14.7. The van der Waals surface area contributed by atoms with Gasteiger partial charge in [0.05, 0.1) is 29.2 Å². The first-order chi connectivity index (χ1) is 17.4. The van der Waals surface area contributed by atoms with Gasteiger partial charge < -0.3 is 10.1 Å². The molecule has 2 aromatic carbocycles. The minimum Gasteiger partial charge on any atom is -0.379 e. The van der Waals surface area contributed by atoms with E-state index in [1.807, 2.05) is 0 Å². The molecule has 1 aliphatic heterocycles. The molecule has 186 valence electrons. The Hall–Kier alpha value is -2.83. The summed E-state index contributed by atoms with van der Waals surface area (Å²) in [5.74, 6) is -0.0500. The molecule has 1 saturated heterocycles. The molecule has 11 heteroatoms. The molecule has 5 rings (SSSR count). The number of fused-ring (bicyclic) bond motifs is 1. The summed E-state index contributed by atoms with van der Waals surface area (Å²) < 4.78 is 32.2. The van der Waals surface area contributed by atoms with Crippen LogP contribution in [0.2, 0.25) is 0 Å². The summed E-state index contributed by atoms with van der Waals surface area (Å²) in [6.07, 6.45) is 1.52. The van der Waals surface area contributed by atoms with Crippen molar-refractivity contribution >= 4 is 54.9 Å². The number of aryl methyl sites for hydroxylation is 1. The second-order valence-corrected chi connectivity index (χ2v) is 12.0. The largest absolute Gasteiger partial charge is 0.379 e. The number of sulfonamides is 1. The zero-order chi connectivity index (χ0) is 25.1. The highest BCUT2D eigenvalue weighted by Crippen LogP contribution is 2.38. The smallest absolute Gasteiger partial charge is 0.243 e. The van der Waals surface area contributed by atoms with Crippen molar-refractivity contribution in [3.8, 4) is 11.1 Å². The third-order valence-corrected chi connectivity index (χ3v) is 9.57. The van der Waals surface area contributed by atoms with Crippen LogP contribution in [0.15, 0.2) is 70.2 Å². The van der Waals surface area contributed by atoms with Gasteiger partial charge in [0.2, 0.25) is 15.9 Å². The lowest BCUT2D eigenvalue weighted by Gasteiger charge is -2.26. The molecular formula is C25H24N4O4S3. The van der Waals surface area contributed by atoms with Crippen molar-refractivity contribution in [2.45, 2.75) is 16.8 Å². The van der Waals surface area contributed by atoms with E-state index < -0.39 is 10.0 Å². The Morgan fingerprint density at radius 2 is 1.81 bits per heavy atom. The Labute approximate surface area is 217 Å². The zero-order valence-electron chi connectivity index (χ0n) is 19.5. The Kier molecular flexibility index (Phi) is 7.35. The lowest BCUT2D eigenvalue weighted by atomic mass is 10.1. The van der Waals surface area contributed by atoms with Crippen LogP contribution in [0.4, 0.5) is 5.69 Å². The summed E-state index contributed by atoms with van der Waals surface area (Å²) in [5.41, 5.74) is 3.86. The standard InChI is InChI=1S/C25H24N4O4S3/c1-17-2-4-18(5-3-17)21-14-34-24-23(21)25(27-16-26-24)35-15-22(30)28-19-6-8-20(9-7-19)36(31,32)29-10-12-33-13-11-29/h2-9,14,16H,10-13,15H2,1H3,(H,28,30). The second-order valence-electron chi connectivity index (χ2n) is 8.25. The second kappa shape index (κ2) is 10.7. The first-order valence-electron chi connectivity index (χ1n) is 11.3. The summed E-state index contributed by atoms with van der Waals surface area (Å²) in [7, 11) is -3.57. The van der Waals surface area contributed by atoms with E-state index in [9.17, 15) is 13.2 Å². The number of rotatable bonds is 7. The fourth-order valence-corrected chi connectivity index (χ4v) is 7.08. The fourth-order valence-electron chi connectivity index (χ4n) is 3.88. The minimum atomic E-state index is -3.57. The molecular weight excluding hydrogens is 517 g/mol. The maximum Gasteiger partial charge on any atom is 0.243 e. The number of carbonyl (C=O) groups is 1. The lowest BCUT2D eigenvalue weighted by Crippen LogP contribution is -2.40. The first-order valence-corrected chi connectivity index (χ1v) is 14.6. The van der Waals surface area contributed by atoms with Gasteiger partial charge in [-0.3, -0.25) is 4.79 Å². The van der Waals surface area contributed by atoms with Crippen LogP contribution in [0.5, 0.6) is 0 Å². The molecule has 36 heavy (non-hydrogen) atoms. The number of thioether (sulfide) groups is 1. The molecule has 0 bridgehead atoms. The first kappa shape index (κ1) is 24.8. The molecule has 1 amide bonds. The number of hydrogen-bond acceptors (Lipinski definition) is 8. The molecule has 0 radical (unpaired) electrons. The summed E-state index contributed by atoms with van der Waals surface area (Å²) in [4.78, 5) is 22.6. The quantitative estimate of drug-likeness (QED) is 0.274. The number of nitrogens with zero attached hydrogens (tertiary/aromatic N) is 3. The number of hydrogen-bond donors (Lipinski definition) is 1. The van der Waals surface area contributed by atoms with Gasteiger partial charge in [-0.05, 0) is 36.8 Å². The zero-order valence-corrected chi connectivity index (χ0v) is 22.0. The highest BCUT2D eigenvalue weighted by Gasteiger charge is 2.26. The van der Waals surface area contributed by atoms with Crippen molar-refractivity contribution in [1.82, 2.24) is 14.3 Å². The van der Waals surface area contributed by atoms with Crippen molar-refractivity contribution in [1.29, 1.82) is 0 Å². The van der Waals surface area contributed by atoms with Crippen LogP contribution in [0.25, 0.3) is 21.3 Å². The molecule has 1 N–H and O–H groups in total. The number of nitrogens with one attached hydrogen (secondary N) is 1. The van der Waals surface area contributed by atoms with Crippen LogP contribution in [0.1, 0.15) is 5.56 Å². The van der Waals surface area contributed by atoms with E-state index in [0.717, 1.165) is 26.4 Å². The lowest BCUT2D eigenvalue weighted by molar-refractivity contribution is -0.113. The van der Waals surface area contributed by atoms with Crippen LogP contribution in [0, 0.1) is 6.92 Å². The van der Waals surface area contributed by atoms with E-state index in [4.69, 9.17) is 4.74 Å². The molecule has 0 saturated carbocycles. The van der Waals surface area contributed by atoms with Crippen molar-refractivity contribution in [2.75, 3.05) is 37.4 Å². The highest BCUT2D eigenvalue weighted by atomic mass is 32.2. The van der Waals surface area contributed by atoms with Gasteiger partial charge in [-0.2, -0.15) is 4.31 Å². The number of thiophene rings is 1. The van der Waals surface area contributed by atoms with Crippen molar-refractivity contribution in [3.63, 3.8) is 0 Å². The van der Waals surface area contributed by atoms with Crippen molar-refractivity contribution in [2.24, 2.45) is 0 Å². The van der Waals surface area contributed by atoms with Gasteiger partial charge >= 0.3 is 0 Å². The topological polar surface area (TPSA) is 101 Å². The predicted molar refractivity (Wildman–Crippen MR) is 143 cm³/mol. The SMILES string of the molecule is Cc1ccc(-c2csc3ncnc(SCC(=O)Nc4ccc(S(=O)(=O)N5CCOCC5)cc4)c23)cc1. The van der Waals surface area contributed by atoms with E-state index in [0.29, 0.717) is 32.0 Å². The Morgan fingerprint density at radius 1 is 1.08 bits per heavy atom. The average molecular weight is 541 g/mol. The van der Waals surface area contributed by atoms with Gasteiger partial charge in [0.15, 0.2) is 0 Å². The molecule has 0 aliphatic carbocycles. The van der Waals surface area contributed by atoms with Gasteiger partial charge in [-0.25, -0.2) is 18.4 Å². The monoisotopic (exact) mass is 540 g/mol. The molecule has 8 nitrogen and oxygen atoms in total. The molecule has 1 aliphatic rings. The van der Waals surface area contributed by atoms with E-state index in [1.165, 1.54) is 40.1 Å². The van der Waals surface area contributed by atoms with Crippen LogP contribution in [-0.2, 0) is 19.6 Å². The van der Waals surface area contributed by atoms with E-state index in [1.54, 1.807) is 23.5 Å². The molecule has 1 fully saturated rings. The predicted octanol–water partition coefficient (Wildman–Crippen LogP) is 4.42. The number of carbonyl (C=O) groups excluding carboxylic acids is 1. The molecule has 4 aromatic rings. The average Bonchev–Trinajstić information content (AvgIpc) is 3.34. The minimum absolute atomic E-state index is 0.156. The Morgan fingerprint density at radius 3 is 2.53 bits per heavy atom. The third-order valence-electron chi connectivity index (χ3n) is 5.78. The molecule has 0 unspecified atom stereocenters. The van der Waals surface area contributed by atoms with E-state index >= 15 is 0 Å². The maximum atomic E-state index is 12.8. The number of benzene rings is 2. The summed E-state index contributed by atoms with van der Waals surface area (Å²) >= 11 is 2.90. The van der Waals surface area contributed by atoms with Crippen LogP contribution in [-0.4, -0.2) is 60.7 Å². The molecule has 3 heterocycles. The van der Waals surface area contributed by atoms with E-state index in [-0.39, 0.29) is 16.6 Å². The molecule has 0 spiro atoms. The van der Waals surface area contributed by atoms with Crippen LogP contribution < -0.4 is 5.32 Å². The summed E-state index contributed by atoms with van der Waals surface area (Å²) in [6, 6.07) is 14.5. The fraction of sp³-hybridized carbons (Fsp3) is 0.240.